The lowest BCUT2D eigenvalue weighted by atomic mass is 9.87. The van der Waals surface area contributed by atoms with Gasteiger partial charge in [0.1, 0.15) is 5.78 Å². The number of ketones is 1. The van der Waals surface area contributed by atoms with Gasteiger partial charge in [0.2, 0.25) is 16.8 Å². The average Bonchev–Trinajstić information content (AvgIpc) is 3.60. The molecular weight excluding hydrogens is 506 g/mol. The van der Waals surface area contributed by atoms with Crippen molar-refractivity contribution < 1.29 is 35.4 Å². The van der Waals surface area contributed by atoms with Crippen LogP contribution in [0.4, 0.5) is 0 Å². The average molecular weight is 542 g/mol. The van der Waals surface area contributed by atoms with E-state index in [1.807, 2.05) is 43.3 Å². The standard InChI is InChI=1S/C29H31NO7S.2H2/c1-20-2-3-21(17-28(32)29(10-11-29)23-6-9-26-27(18-23)37-19-36-26)16-25(20)22-4-7-24(8-5-22)38(33,34)30-12-14-35-15-13-31;;/h2-9,16,18,30-31H,10-15,17,19H2,1H3;2*1H. The molecule has 0 bridgehead atoms. The molecule has 2 N–H and O–H groups in total. The number of fused-ring (bicyclic) bond motifs is 1. The van der Waals surface area contributed by atoms with Gasteiger partial charge < -0.3 is 19.3 Å². The van der Waals surface area contributed by atoms with Crippen molar-refractivity contribution in [3.8, 4) is 22.6 Å². The highest BCUT2D eigenvalue weighted by Crippen LogP contribution is 2.51. The molecule has 3 aromatic carbocycles. The molecule has 0 atom stereocenters. The van der Waals surface area contributed by atoms with Crippen LogP contribution in [0.5, 0.6) is 11.5 Å². The fourth-order valence-electron chi connectivity index (χ4n) is 4.80. The summed E-state index contributed by atoms with van der Waals surface area (Å²) in [6.45, 7) is 2.55. The van der Waals surface area contributed by atoms with Crippen LogP contribution >= 0.6 is 0 Å². The first-order chi connectivity index (χ1) is 18.3. The number of hydrogen-bond donors (Lipinski definition) is 2. The van der Waals surface area contributed by atoms with Crippen molar-refractivity contribution in [2.45, 2.75) is 36.5 Å². The van der Waals surface area contributed by atoms with Gasteiger partial charge in [0.15, 0.2) is 11.5 Å². The highest BCUT2D eigenvalue weighted by atomic mass is 32.2. The first kappa shape index (κ1) is 26.4. The van der Waals surface area contributed by atoms with E-state index in [-0.39, 0.29) is 46.7 Å². The van der Waals surface area contributed by atoms with Gasteiger partial charge in [-0.25, -0.2) is 13.1 Å². The molecule has 1 heterocycles. The predicted octanol–water partition coefficient (Wildman–Crippen LogP) is 4.01. The number of aliphatic hydroxyl groups is 1. The van der Waals surface area contributed by atoms with Crippen molar-refractivity contribution in [1.82, 2.24) is 4.72 Å². The van der Waals surface area contributed by atoms with Crippen molar-refractivity contribution in [1.29, 1.82) is 0 Å². The maximum Gasteiger partial charge on any atom is 0.240 e. The minimum atomic E-state index is -3.67. The van der Waals surface area contributed by atoms with E-state index < -0.39 is 15.4 Å². The first-order valence-corrected chi connectivity index (χ1v) is 14.1. The van der Waals surface area contributed by atoms with Gasteiger partial charge >= 0.3 is 0 Å². The molecule has 204 valence electrons. The molecule has 3 aromatic rings. The normalized spacial score (nSPS) is 15.4. The number of sulfonamides is 1. The molecule has 1 aliphatic carbocycles. The maximum absolute atomic E-state index is 13.5. The summed E-state index contributed by atoms with van der Waals surface area (Å²) in [5.74, 6) is 1.58. The van der Waals surface area contributed by atoms with Gasteiger partial charge in [-0.3, -0.25) is 4.79 Å². The molecule has 0 saturated heterocycles. The SMILES string of the molecule is Cc1ccc(CC(=O)C2(c3ccc4c(c3)OCO4)CC2)cc1-c1ccc(S(=O)(=O)NCCOCCO)cc1.[HH].[HH]. The Morgan fingerprint density at radius 3 is 2.53 bits per heavy atom. The Morgan fingerprint density at radius 1 is 1.03 bits per heavy atom. The van der Waals surface area contributed by atoms with Crippen molar-refractivity contribution >= 4 is 15.8 Å². The van der Waals surface area contributed by atoms with Crippen LogP contribution in [-0.2, 0) is 31.4 Å². The Labute approximate surface area is 225 Å². The number of nitrogens with one attached hydrogen (secondary N) is 1. The smallest absolute Gasteiger partial charge is 0.240 e. The third-order valence-corrected chi connectivity index (χ3v) is 8.60. The molecule has 2 aliphatic rings. The van der Waals surface area contributed by atoms with Gasteiger partial charge in [0.05, 0.1) is 30.1 Å². The lowest BCUT2D eigenvalue weighted by Crippen LogP contribution is -2.27. The number of aliphatic hydroxyl groups excluding tert-OH is 1. The molecular formula is C29H35NO7S. The van der Waals surface area contributed by atoms with Gasteiger partial charge in [-0.2, -0.15) is 0 Å². The van der Waals surface area contributed by atoms with E-state index in [1.54, 1.807) is 24.3 Å². The van der Waals surface area contributed by atoms with E-state index in [0.29, 0.717) is 17.9 Å². The Kier molecular flexibility index (Phi) is 7.54. The van der Waals surface area contributed by atoms with Crippen molar-refractivity contribution in [3.63, 3.8) is 0 Å². The van der Waals surface area contributed by atoms with E-state index in [2.05, 4.69) is 4.72 Å². The highest BCUT2D eigenvalue weighted by molar-refractivity contribution is 7.89. The number of ether oxygens (including phenoxy) is 3. The van der Waals surface area contributed by atoms with Gasteiger partial charge in [-0.1, -0.05) is 36.4 Å². The Balaban J connectivity index is 0.00000220. The molecule has 38 heavy (non-hydrogen) atoms. The number of aryl methyl sites for hydroxylation is 1. The van der Waals surface area contributed by atoms with Crippen LogP contribution in [0.2, 0.25) is 0 Å². The summed E-state index contributed by atoms with van der Waals surface area (Å²) in [5, 5.41) is 8.73. The number of carbonyl (C=O) groups excluding carboxylic acids is 1. The van der Waals surface area contributed by atoms with Gasteiger partial charge in [0.25, 0.3) is 0 Å². The molecule has 0 aromatic heterocycles. The number of rotatable bonds is 12. The van der Waals surface area contributed by atoms with E-state index in [1.165, 1.54) is 0 Å². The zero-order valence-electron chi connectivity index (χ0n) is 21.2. The lowest BCUT2D eigenvalue weighted by molar-refractivity contribution is -0.120. The number of carbonyl (C=O) groups is 1. The monoisotopic (exact) mass is 541 g/mol. The third-order valence-electron chi connectivity index (χ3n) is 7.13. The second-order valence-corrected chi connectivity index (χ2v) is 11.4. The summed E-state index contributed by atoms with van der Waals surface area (Å²) in [4.78, 5) is 13.6. The molecule has 1 fully saturated rings. The quantitative estimate of drug-likeness (QED) is 0.333. The molecule has 0 unspecified atom stereocenters. The minimum Gasteiger partial charge on any atom is -0.454 e. The van der Waals surface area contributed by atoms with Crippen molar-refractivity contribution in [3.05, 3.63) is 77.4 Å². The molecule has 0 spiro atoms. The molecule has 1 aliphatic heterocycles. The number of hydrogen-bond acceptors (Lipinski definition) is 7. The summed E-state index contributed by atoms with van der Waals surface area (Å²) in [7, 11) is -3.67. The van der Waals surface area contributed by atoms with E-state index >= 15 is 0 Å². The zero-order chi connectivity index (χ0) is 26.8. The second-order valence-electron chi connectivity index (χ2n) is 9.66. The predicted molar refractivity (Wildman–Crippen MR) is 146 cm³/mol. The van der Waals surface area contributed by atoms with Crippen LogP contribution in [0.1, 0.15) is 32.4 Å². The Hall–Kier alpha value is -3.24. The molecule has 0 radical (unpaired) electrons. The largest absolute Gasteiger partial charge is 0.454 e. The fraction of sp³-hybridized carbons (Fsp3) is 0.345. The van der Waals surface area contributed by atoms with Crippen molar-refractivity contribution in [2.24, 2.45) is 0 Å². The van der Waals surface area contributed by atoms with Crippen LogP contribution in [0.25, 0.3) is 11.1 Å². The molecule has 1 saturated carbocycles. The van der Waals surface area contributed by atoms with Crippen LogP contribution in [0.15, 0.2) is 65.6 Å². The zero-order valence-corrected chi connectivity index (χ0v) is 22.1. The Bertz CT molecular complexity index is 1440. The highest BCUT2D eigenvalue weighted by Gasteiger charge is 2.50. The van der Waals surface area contributed by atoms with E-state index in [9.17, 15) is 13.2 Å². The fourth-order valence-corrected chi connectivity index (χ4v) is 5.82. The van der Waals surface area contributed by atoms with Crippen LogP contribution < -0.4 is 14.2 Å². The first-order valence-electron chi connectivity index (χ1n) is 12.6. The lowest BCUT2D eigenvalue weighted by Gasteiger charge is -2.16. The van der Waals surface area contributed by atoms with Crippen LogP contribution in [0.3, 0.4) is 0 Å². The minimum absolute atomic E-state index is 0. The summed E-state index contributed by atoms with van der Waals surface area (Å²) in [6.07, 6.45) is 1.96. The van der Waals surface area contributed by atoms with Crippen LogP contribution in [-0.4, -0.2) is 52.5 Å². The van der Waals surface area contributed by atoms with Gasteiger partial charge in [-0.05, 0) is 71.8 Å². The summed E-state index contributed by atoms with van der Waals surface area (Å²) < 4.78 is 43.6. The topological polar surface area (TPSA) is 111 Å². The Morgan fingerprint density at radius 2 is 1.79 bits per heavy atom. The van der Waals surface area contributed by atoms with Crippen molar-refractivity contribution in [2.75, 3.05) is 33.2 Å². The molecule has 0 amide bonds. The molecule has 8 nitrogen and oxygen atoms in total. The maximum atomic E-state index is 13.5. The van der Waals surface area contributed by atoms with Crippen LogP contribution in [0, 0.1) is 6.92 Å². The summed E-state index contributed by atoms with van der Waals surface area (Å²) in [5.41, 5.74) is 4.29. The molecule has 9 heteroatoms. The number of Topliss-reactive ketones (excluding diaryl/α,β-unsaturated/α-hetero) is 1. The van der Waals surface area contributed by atoms with Gasteiger partial charge in [-0.15, -0.1) is 0 Å². The summed E-state index contributed by atoms with van der Waals surface area (Å²) in [6, 6.07) is 18.5. The van der Waals surface area contributed by atoms with Gasteiger partial charge in [0, 0.05) is 15.8 Å². The summed E-state index contributed by atoms with van der Waals surface area (Å²) >= 11 is 0. The third kappa shape index (κ3) is 5.47. The van der Waals surface area contributed by atoms with E-state index in [0.717, 1.165) is 40.7 Å². The van der Waals surface area contributed by atoms with E-state index in [4.69, 9.17) is 19.3 Å². The number of benzene rings is 3. The second kappa shape index (κ2) is 10.9. The molecule has 5 rings (SSSR count).